The van der Waals surface area contributed by atoms with Crippen LogP contribution in [0.5, 0.6) is 0 Å². The predicted molar refractivity (Wildman–Crippen MR) is 75.8 cm³/mol. The van der Waals surface area contributed by atoms with Crippen molar-refractivity contribution in [1.82, 2.24) is 10.1 Å². The van der Waals surface area contributed by atoms with Crippen LogP contribution in [0.15, 0.2) is 4.52 Å². The van der Waals surface area contributed by atoms with E-state index in [4.69, 9.17) is 14.4 Å². The summed E-state index contributed by atoms with van der Waals surface area (Å²) in [6.07, 6.45) is 4.09. The SMILES string of the molecule is CCOC1(c2noc(CCC(=O)O)n2)CCC(C)(C)CC1. The molecule has 0 unspecified atom stereocenters. The fraction of sp³-hybridized carbons (Fsp3) is 0.800. The number of carbonyl (C=O) groups is 1. The monoisotopic (exact) mass is 296 g/mol. The maximum atomic E-state index is 10.6. The number of aryl methyl sites for hydroxylation is 1. The first-order valence-electron chi connectivity index (χ1n) is 7.56. The third-order valence-electron chi connectivity index (χ3n) is 4.26. The van der Waals surface area contributed by atoms with E-state index in [1.54, 1.807) is 0 Å². The lowest BCUT2D eigenvalue weighted by atomic mass is 9.70. The maximum Gasteiger partial charge on any atom is 0.303 e. The smallest absolute Gasteiger partial charge is 0.303 e. The van der Waals surface area contributed by atoms with Gasteiger partial charge in [-0.3, -0.25) is 4.79 Å². The van der Waals surface area contributed by atoms with Gasteiger partial charge in [-0.1, -0.05) is 19.0 Å². The minimum atomic E-state index is -0.867. The van der Waals surface area contributed by atoms with Gasteiger partial charge in [0.05, 0.1) is 6.42 Å². The van der Waals surface area contributed by atoms with Gasteiger partial charge in [0.15, 0.2) is 0 Å². The molecule has 0 aromatic carbocycles. The van der Waals surface area contributed by atoms with Crippen molar-refractivity contribution in [2.75, 3.05) is 6.61 Å². The number of carboxylic acid groups (broad SMARTS) is 1. The summed E-state index contributed by atoms with van der Waals surface area (Å²) in [6.45, 7) is 7.08. The van der Waals surface area contributed by atoms with Crippen LogP contribution in [0.4, 0.5) is 0 Å². The van der Waals surface area contributed by atoms with E-state index in [1.165, 1.54) is 0 Å². The molecule has 6 nitrogen and oxygen atoms in total. The van der Waals surface area contributed by atoms with Gasteiger partial charge in [0.1, 0.15) is 5.60 Å². The van der Waals surface area contributed by atoms with Crippen LogP contribution in [-0.2, 0) is 21.6 Å². The highest BCUT2D eigenvalue weighted by molar-refractivity contribution is 5.66. The molecule has 0 aliphatic heterocycles. The molecule has 118 valence electrons. The largest absolute Gasteiger partial charge is 0.481 e. The van der Waals surface area contributed by atoms with E-state index in [0.29, 0.717) is 23.7 Å². The molecule has 0 amide bonds. The molecule has 0 spiro atoms. The Kier molecular flexibility index (Phi) is 4.66. The topological polar surface area (TPSA) is 85.5 Å². The highest BCUT2D eigenvalue weighted by atomic mass is 16.5. The molecule has 1 aliphatic carbocycles. The fourth-order valence-electron chi connectivity index (χ4n) is 2.79. The normalized spacial score (nSPS) is 20.3. The molecule has 0 radical (unpaired) electrons. The molecule has 1 heterocycles. The molecule has 0 bridgehead atoms. The Morgan fingerprint density at radius 1 is 1.33 bits per heavy atom. The third-order valence-corrected chi connectivity index (χ3v) is 4.26. The van der Waals surface area contributed by atoms with Crippen LogP contribution >= 0.6 is 0 Å². The second kappa shape index (κ2) is 6.13. The number of ether oxygens (including phenoxy) is 1. The lowest BCUT2D eigenvalue weighted by Gasteiger charge is -2.41. The molecule has 1 N–H and O–H groups in total. The van der Waals surface area contributed by atoms with Gasteiger partial charge >= 0.3 is 5.97 Å². The van der Waals surface area contributed by atoms with Crippen molar-refractivity contribution < 1.29 is 19.2 Å². The number of carboxylic acids is 1. The highest BCUT2D eigenvalue weighted by Crippen LogP contribution is 2.46. The van der Waals surface area contributed by atoms with Crippen molar-refractivity contribution in [3.05, 3.63) is 11.7 Å². The first-order valence-corrected chi connectivity index (χ1v) is 7.56. The van der Waals surface area contributed by atoms with E-state index in [1.807, 2.05) is 6.92 Å². The number of hydrogen-bond donors (Lipinski definition) is 1. The Labute approximate surface area is 124 Å². The highest BCUT2D eigenvalue weighted by Gasteiger charge is 2.43. The quantitative estimate of drug-likeness (QED) is 0.868. The molecular weight excluding hydrogens is 272 g/mol. The molecule has 21 heavy (non-hydrogen) atoms. The van der Waals surface area contributed by atoms with E-state index in [-0.39, 0.29) is 12.8 Å². The first-order chi connectivity index (χ1) is 9.87. The number of nitrogens with zero attached hydrogens (tertiary/aromatic N) is 2. The Morgan fingerprint density at radius 2 is 2.00 bits per heavy atom. The summed E-state index contributed by atoms with van der Waals surface area (Å²) in [5.74, 6) is 0.0743. The molecule has 1 fully saturated rings. The molecular formula is C15H24N2O4. The second-order valence-electron chi connectivity index (χ2n) is 6.50. The van der Waals surface area contributed by atoms with Crippen LogP contribution in [0.2, 0.25) is 0 Å². The maximum absolute atomic E-state index is 10.6. The number of hydrogen-bond acceptors (Lipinski definition) is 5. The molecule has 6 heteroatoms. The summed E-state index contributed by atoms with van der Waals surface area (Å²) in [7, 11) is 0. The summed E-state index contributed by atoms with van der Waals surface area (Å²) < 4.78 is 11.2. The first kappa shape index (κ1) is 15.9. The number of aliphatic carboxylic acids is 1. The summed E-state index contributed by atoms with van der Waals surface area (Å²) in [5, 5.41) is 12.8. The zero-order valence-electron chi connectivity index (χ0n) is 13.0. The standard InChI is InChI=1S/C15H24N2O4/c1-4-20-15(9-7-14(2,3)8-10-15)13-16-11(21-17-13)5-6-12(18)19/h4-10H2,1-3H3,(H,18,19). The van der Waals surface area contributed by atoms with Crippen molar-refractivity contribution in [3.8, 4) is 0 Å². The number of rotatable bonds is 6. The fourth-order valence-corrected chi connectivity index (χ4v) is 2.79. The van der Waals surface area contributed by atoms with E-state index in [9.17, 15) is 4.79 Å². The van der Waals surface area contributed by atoms with Gasteiger partial charge in [-0.2, -0.15) is 4.98 Å². The molecule has 2 rings (SSSR count). The predicted octanol–water partition coefficient (Wildman–Crippen LogP) is 2.92. The van der Waals surface area contributed by atoms with E-state index in [2.05, 4.69) is 24.0 Å². The van der Waals surface area contributed by atoms with Crippen molar-refractivity contribution in [2.45, 2.75) is 64.9 Å². The van der Waals surface area contributed by atoms with Gasteiger partial charge in [0.25, 0.3) is 0 Å². The third kappa shape index (κ3) is 3.81. The summed E-state index contributed by atoms with van der Waals surface area (Å²) in [4.78, 5) is 15.0. The minimum absolute atomic E-state index is 0.00367. The summed E-state index contributed by atoms with van der Waals surface area (Å²) in [6, 6.07) is 0. The number of aromatic nitrogens is 2. The molecule has 0 atom stereocenters. The second-order valence-corrected chi connectivity index (χ2v) is 6.50. The van der Waals surface area contributed by atoms with Crippen molar-refractivity contribution in [2.24, 2.45) is 5.41 Å². The average molecular weight is 296 g/mol. The zero-order chi connectivity index (χ0) is 15.5. The van der Waals surface area contributed by atoms with Crippen LogP contribution in [0.1, 0.15) is 64.6 Å². The van der Waals surface area contributed by atoms with E-state index in [0.717, 1.165) is 25.7 Å². The minimum Gasteiger partial charge on any atom is -0.481 e. The van der Waals surface area contributed by atoms with Crippen LogP contribution in [0.3, 0.4) is 0 Å². The van der Waals surface area contributed by atoms with Crippen molar-refractivity contribution in [1.29, 1.82) is 0 Å². The van der Waals surface area contributed by atoms with Gasteiger partial charge in [-0.25, -0.2) is 0 Å². The van der Waals surface area contributed by atoms with Gasteiger partial charge in [0.2, 0.25) is 11.7 Å². The molecule has 1 aromatic heterocycles. The zero-order valence-corrected chi connectivity index (χ0v) is 13.0. The molecule has 0 saturated heterocycles. The van der Waals surface area contributed by atoms with E-state index >= 15 is 0 Å². The molecule has 1 aliphatic rings. The molecule has 1 aromatic rings. The van der Waals surface area contributed by atoms with E-state index < -0.39 is 11.6 Å². The van der Waals surface area contributed by atoms with Gasteiger partial charge in [-0.15, -0.1) is 0 Å². The van der Waals surface area contributed by atoms with Crippen molar-refractivity contribution in [3.63, 3.8) is 0 Å². The summed E-state index contributed by atoms with van der Waals surface area (Å²) >= 11 is 0. The summed E-state index contributed by atoms with van der Waals surface area (Å²) in [5.41, 5.74) is -0.161. The van der Waals surface area contributed by atoms with Gasteiger partial charge < -0.3 is 14.4 Å². The van der Waals surface area contributed by atoms with Gasteiger partial charge in [-0.05, 0) is 38.0 Å². The van der Waals surface area contributed by atoms with Crippen LogP contribution in [-0.4, -0.2) is 27.8 Å². The lowest BCUT2D eigenvalue weighted by molar-refractivity contribution is -0.137. The Bertz CT molecular complexity index is 486. The van der Waals surface area contributed by atoms with Crippen LogP contribution in [0.25, 0.3) is 0 Å². The van der Waals surface area contributed by atoms with Gasteiger partial charge in [0, 0.05) is 13.0 Å². The Morgan fingerprint density at radius 3 is 2.57 bits per heavy atom. The van der Waals surface area contributed by atoms with Crippen LogP contribution < -0.4 is 0 Å². The average Bonchev–Trinajstić information content (AvgIpc) is 2.89. The Hall–Kier alpha value is -1.43. The lowest BCUT2D eigenvalue weighted by Crippen LogP contribution is -2.38. The van der Waals surface area contributed by atoms with Crippen molar-refractivity contribution >= 4 is 5.97 Å². The van der Waals surface area contributed by atoms with Crippen LogP contribution in [0, 0.1) is 5.41 Å². The Balaban J connectivity index is 2.13. The molecule has 1 saturated carbocycles.